The molecule has 0 amide bonds. The number of halogens is 1. The molecular weight excluding hydrogens is 263 g/mol. The van der Waals surface area contributed by atoms with E-state index in [2.05, 4.69) is 0 Å². The van der Waals surface area contributed by atoms with E-state index in [1.165, 1.54) is 12.1 Å². The van der Waals surface area contributed by atoms with Crippen LogP contribution in [-0.4, -0.2) is 11.9 Å². The highest BCUT2D eigenvalue weighted by Crippen LogP contribution is 2.37. The molecule has 1 N–H and O–H groups in total. The van der Waals surface area contributed by atoms with Crippen LogP contribution in [0.3, 0.4) is 0 Å². The third-order valence-electron chi connectivity index (χ3n) is 3.01. The summed E-state index contributed by atoms with van der Waals surface area (Å²) in [6.45, 7) is 1.75. The minimum Gasteiger partial charge on any atom is -0.454 e. The van der Waals surface area contributed by atoms with E-state index < -0.39 is 11.9 Å². The van der Waals surface area contributed by atoms with Gasteiger partial charge in [0.05, 0.1) is 6.10 Å². The molecule has 20 heavy (non-hydrogen) atoms. The van der Waals surface area contributed by atoms with Crippen molar-refractivity contribution in [2.45, 2.75) is 13.0 Å². The molecule has 1 unspecified atom stereocenters. The molecule has 0 saturated heterocycles. The Labute approximate surface area is 115 Å². The number of ether oxygens (including phenoxy) is 3. The summed E-state index contributed by atoms with van der Waals surface area (Å²) in [6.07, 6.45) is -0.718. The van der Waals surface area contributed by atoms with Crippen molar-refractivity contribution in [1.82, 2.24) is 0 Å². The minimum absolute atomic E-state index is 0.0910. The minimum atomic E-state index is -0.718. The van der Waals surface area contributed by atoms with Gasteiger partial charge in [-0.05, 0) is 36.8 Å². The van der Waals surface area contributed by atoms with Crippen molar-refractivity contribution in [2.24, 2.45) is 0 Å². The van der Waals surface area contributed by atoms with Gasteiger partial charge in [-0.2, -0.15) is 0 Å². The first-order chi connectivity index (χ1) is 9.63. The van der Waals surface area contributed by atoms with Crippen LogP contribution in [0.5, 0.6) is 23.0 Å². The monoisotopic (exact) mass is 276 g/mol. The van der Waals surface area contributed by atoms with Crippen molar-refractivity contribution < 1.29 is 23.7 Å². The van der Waals surface area contributed by atoms with Crippen LogP contribution in [-0.2, 0) is 0 Å². The lowest BCUT2D eigenvalue weighted by atomic mass is 10.1. The van der Waals surface area contributed by atoms with E-state index in [4.69, 9.17) is 14.2 Å². The molecule has 1 atom stereocenters. The summed E-state index contributed by atoms with van der Waals surface area (Å²) >= 11 is 0. The molecule has 1 heterocycles. The first-order valence-electron chi connectivity index (χ1n) is 6.18. The molecule has 2 aromatic carbocycles. The Morgan fingerprint density at radius 3 is 2.70 bits per heavy atom. The zero-order chi connectivity index (χ0) is 14.1. The van der Waals surface area contributed by atoms with Gasteiger partial charge in [0.1, 0.15) is 5.75 Å². The Balaban J connectivity index is 1.84. The van der Waals surface area contributed by atoms with Gasteiger partial charge in [0.2, 0.25) is 6.79 Å². The number of hydrogen-bond donors (Lipinski definition) is 1. The van der Waals surface area contributed by atoms with Crippen LogP contribution in [0.2, 0.25) is 0 Å². The van der Waals surface area contributed by atoms with Crippen LogP contribution in [0.15, 0.2) is 36.4 Å². The maximum atomic E-state index is 13.9. The molecule has 0 saturated carbocycles. The summed E-state index contributed by atoms with van der Waals surface area (Å²) in [5.74, 6) is 1.23. The van der Waals surface area contributed by atoms with Gasteiger partial charge in [0.25, 0.3) is 0 Å². The molecule has 4 nitrogen and oxygen atoms in total. The van der Waals surface area contributed by atoms with Crippen LogP contribution in [0.25, 0.3) is 0 Å². The van der Waals surface area contributed by atoms with E-state index in [1.54, 1.807) is 31.2 Å². The Bertz CT molecular complexity index is 640. The quantitative estimate of drug-likeness (QED) is 0.933. The van der Waals surface area contributed by atoms with Crippen molar-refractivity contribution in [1.29, 1.82) is 0 Å². The Kier molecular flexibility index (Phi) is 3.20. The number of benzene rings is 2. The van der Waals surface area contributed by atoms with Crippen LogP contribution in [0, 0.1) is 5.82 Å². The Morgan fingerprint density at radius 1 is 1.15 bits per heavy atom. The van der Waals surface area contributed by atoms with Crippen molar-refractivity contribution in [3.05, 3.63) is 47.8 Å². The second-order valence-corrected chi connectivity index (χ2v) is 4.48. The van der Waals surface area contributed by atoms with E-state index >= 15 is 0 Å². The molecule has 0 bridgehead atoms. The zero-order valence-electron chi connectivity index (χ0n) is 10.8. The van der Waals surface area contributed by atoms with Gasteiger partial charge in [-0.1, -0.05) is 6.07 Å². The average Bonchev–Trinajstić information content (AvgIpc) is 2.88. The highest BCUT2D eigenvalue weighted by atomic mass is 19.1. The van der Waals surface area contributed by atoms with Gasteiger partial charge in [0.15, 0.2) is 23.1 Å². The fraction of sp³-hybridized carbons (Fsp3) is 0.200. The summed E-state index contributed by atoms with van der Waals surface area (Å²) < 4.78 is 29.8. The number of aliphatic hydroxyl groups excluding tert-OH is 1. The molecule has 0 spiro atoms. The zero-order valence-corrected chi connectivity index (χ0v) is 10.8. The highest BCUT2D eigenvalue weighted by Gasteiger charge is 2.15. The molecule has 104 valence electrons. The predicted molar refractivity (Wildman–Crippen MR) is 69.7 cm³/mol. The molecule has 5 heteroatoms. The molecule has 0 aliphatic carbocycles. The van der Waals surface area contributed by atoms with E-state index in [0.29, 0.717) is 22.8 Å². The van der Waals surface area contributed by atoms with Crippen molar-refractivity contribution in [2.75, 3.05) is 6.79 Å². The van der Waals surface area contributed by atoms with Gasteiger partial charge in [-0.25, -0.2) is 4.39 Å². The van der Waals surface area contributed by atoms with Gasteiger partial charge in [-0.15, -0.1) is 0 Å². The van der Waals surface area contributed by atoms with Crippen LogP contribution in [0.1, 0.15) is 18.6 Å². The Hall–Kier alpha value is -2.27. The van der Waals surface area contributed by atoms with Crippen LogP contribution in [0.4, 0.5) is 4.39 Å². The summed E-state index contributed by atoms with van der Waals surface area (Å²) in [5, 5.41) is 9.40. The van der Waals surface area contributed by atoms with Gasteiger partial charge in [-0.3, -0.25) is 0 Å². The van der Waals surface area contributed by atoms with Crippen LogP contribution < -0.4 is 14.2 Å². The first-order valence-corrected chi connectivity index (χ1v) is 6.18. The second-order valence-electron chi connectivity index (χ2n) is 4.48. The number of aliphatic hydroxyl groups is 1. The topological polar surface area (TPSA) is 47.9 Å². The van der Waals surface area contributed by atoms with Crippen molar-refractivity contribution in [3.63, 3.8) is 0 Å². The Morgan fingerprint density at radius 2 is 1.95 bits per heavy atom. The number of rotatable bonds is 3. The van der Waals surface area contributed by atoms with E-state index in [1.807, 2.05) is 0 Å². The summed E-state index contributed by atoms with van der Waals surface area (Å²) in [4.78, 5) is 0. The average molecular weight is 276 g/mol. The van der Waals surface area contributed by atoms with Gasteiger partial charge in [0, 0.05) is 6.07 Å². The van der Waals surface area contributed by atoms with E-state index in [9.17, 15) is 9.50 Å². The largest absolute Gasteiger partial charge is 0.454 e. The molecule has 1 aliphatic rings. The fourth-order valence-electron chi connectivity index (χ4n) is 1.93. The van der Waals surface area contributed by atoms with Crippen molar-refractivity contribution >= 4 is 0 Å². The molecule has 3 rings (SSSR count). The maximum Gasteiger partial charge on any atom is 0.231 e. The smallest absolute Gasteiger partial charge is 0.231 e. The van der Waals surface area contributed by atoms with E-state index in [-0.39, 0.29) is 12.5 Å². The molecular formula is C15H13FO4. The summed E-state index contributed by atoms with van der Waals surface area (Å²) in [5.41, 5.74) is 0.500. The number of fused-ring (bicyclic) bond motifs is 1. The summed E-state index contributed by atoms with van der Waals surface area (Å²) in [7, 11) is 0. The first kappa shape index (κ1) is 12.7. The standard InChI is InChI=1S/C15H13FO4/c1-9(17)10-2-4-13(12(16)6-10)20-11-3-5-14-15(7-11)19-8-18-14/h2-7,9,17H,8H2,1H3. The lowest BCUT2D eigenvalue weighted by Crippen LogP contribution is -1.94. The lowest BCUT2D eigenvalue weighted by molar-refractivity contribution is 0.174. The molecule has 0 fully saturated rings. The van der Waals surface area contributed by atoms with Crippen LogP contribution >= 0.6 is 0 Å². The molecule has 2 aromatic rings. The highest BCUT2D eigenvalue weighted by molar-refractivity contribution is 5.48. The number of hydrogen-bond acceptors (Lipinski definition) is 4. The van der Waals surface area contributed by atoms with Crippen molar-refractivity contribution in [3.8, 4) is 23.0 Å². The third-order valence-corrected chi connectivity index (χ3v) is 3.01. The van der Waals surface area contributed by atoms with E-state index in [0.717, 1.165) is 0 Å². The van der Waals surface area contributed by atoms with Gasteiger partial charge >= 0.3 is 0 Å². The lowest BCUT2D eigenvalue weighted by Gasteiger charge is -2.10. The van der Waals surface area contributed by atoms with Gasteiger partial charge < -0.3 is 19.3 Å². The molecule has 0 radical (unpaired) electrons. The normalized spacial score (nSPS) is 14.2. The second kappa shape index (κ2) is 5.02. The summed E-state index contributed by atoms with van der Waals surface area (Å²) in [6, 6.07) is 9.39. The SMILES string of the molecule is CC(O)c1ccc(Oc2ccc3c(c2)OCO3)c(F)c1. The third kappa shape index (κ3) is 2.40. The molecule has 1 aliphatic heterocycles. The predicted octanol–water partition coefficient (Wildman–Crippen LogP) is 3.40. The molecule has 0 aromatic heterocycles. The maximum absolute atomic E-state index is 13.9. The fourth-order valence-corrected chi connectivity index (χ4v) is 1.93.